The third kappa shape index (κ3) is 4.74. The molecule has 0 amide bonds. The second kappa shape index (κ2) is 11.9. The van der Waals surface area contributed by atoms with Crippen LogP contribution in [-0.4, -0.2) is 15.0 Å². The fourth-order valence-electron chi connectivity index (χ4n) is 9.79. The predicted octanol–water partition coefficient (Wildman–Crippen LogP) is 14.9. The summed E-state index contributed by atoms with van der Waals surface area (Å²) in [6.07, 6.45) is 0. The maximum absolute atomic E-state index is 6.70. The Balaban J connectivity index is 1.08. The van der Waals surface area contributed by atoms with E-state index in [-0.39, 0.29) is 5.41 Å². The van der Waals surface area contributed by atoms with Gasteiger partial charge >= 0.3 is 0 Å². The van der Waals surface area contributed by atoms with Gasteiger partial charge in [-0.25, -0.2) is 15.0 Å². The smallest absolute Gasteiger partial charge is 0.164 e. The highest BCUT2D eigenvalue weighted by atomic mass is 32.1. The van der Waals surface area contributed by atoms with Crippen LogP contribution in [0.1, 0.15) is 25.0 Å². The minimum absolute atomic E-state index is 0.133. The van der Waals surface area contributed by atoms with E-state index in [1.165, 1.54) is 74.7 Å². The highest BCUT2D eigenvalue weighted by Gasteiger charge is 2.36. The number of benzene rings is 9. The molecule has 0 N–H and O–H groups in total. The molecule has 276 valence electrons. The molecule has 0 aliphatic heterocycles. The van der Waals surface area contributed by atoms with Crippen molar-refractivity contribution in [2.45, 2.75) is 19.3 Å². The lowest BCUT2D eigenvalue weighted by Gasteiger charge is -2.21. The van der Waals surface area contributed by atoms with Crippen molar-refractivity contribution in [1.82, 2.24) is 15.0 Å². The number of hydrogen-bond acceptors (Lipinski definition) is 5. The van der Waals surface area contributed by atoms with Crippen molar-refractivity contribution in [3.05, 3.63) is 175 Å². The third-order valence-corrected chi connectivity index (χ3v) is 13.8. The first kappa shape index (κ1) is 32.8. The van der Waals surface area contributed by atoms with E-state index in [4.69, 9.17) is 19.4 Å². The van der Waals surface area contributed by atoms with Gasteiger partial charge in [0.15, 0.2) is 17.5 Å². The average Bonchev–Trinajstić information content (AvgIpc) is 3.92. The average molecular weight is 772 g/mol. The van der Waals surface area contributed by atoms with Crippen molar-refractivity contribution in [2.75, 3.05) is 0 Å². The van der Waals surface area contributed by atoms with Gasteiger partial charge < -0.3 is 4.42 Å². The summed E-state index contributed by atoms with van der Waals surface area (Å²) >= 11 is 1.81. The van der Waals surface area contributed by atoms with E-state index in [2.05, 4.69) is 172 Å². The highest BCUT2D eigenvalue weighted by molar-refractivity contribution is 7.25. The molecule has 1 aliphatic carbocycles. The van der Waals surface area contributed by atoms with E-state index >= 15 is 0 Å². The molecule has 3 heterocycles. The van der Waals surface area contributed by atoms with Gasteiger partial charge in [-0.2, -0.15) is 0 Å². The van der Waals surface area contributed by atoms with Crippen LogP contribution in [0.5, 0.6) is 0 Å². The molecular weight excluding hydrogens is 739 g/mol. The van der Waals surface area contributed by atoms with E-state index < -0.39 is 0 Å². The van der Waals surface area contributed by atoms with Crippen LogP contribution in [0.2, 0.25) is 0 Å². The summed E-state index contributed by atoms with van der Waals surface area (Å²) in [7, 11) is 0. The van der Waals surface area contributed by atoms with Gasteiger partial charge in [0.1, 0.15) is 11.2 Å². The van der Waals surface area contributed by atoms with Crippen LogP contribution < -0.4 is 0 Å². The van der Waals surface area contributed by atoms with E-state index in [1.54, 1.807) is 0 Å². The molecule has 0 fully saturated rings. The molecule has 13 rings (SSSR count). The molecule has 12 aromatic rings. The molecule has 0 atom stereocenters. The molecule has 9 aromatic carbocycles. The number of hydrogen-bond donors (Lipinski definition) is 0. The van der Waals surface area contributed by atoms with Crippen molar-refractivity contribution in [2.24, 2.45) is 0 Å². The fraction of sp³-hybridized carbons (Fsp3) is 0.0556. The van der Waals surface area contributed by atoms with Gasteiger partial charge in [-0.15, -0.1) is 11.3 Å². The van der Waals surface area contributed by atoms with Crippen LogP contribution in [0.3, 0.4) is 0 Å². The second-order valence-corrected chi connectivity index (χ2v) is 17.4. The largest absolute Gasteiger partial charge is 0.456 e. The first-order valence-electron chi connectivity index (χ1n) is 20.1. The summed E-state index contributed by atoms with van der Waals surface area (Å²) in [4.78, 5) is 16.0. The Hall–Kier alpha value is -7.21. The van der Waals surface area contributed by atoms with Gasteiger partial charge in [-0.1, -0.05) is 129 Å². The number of thiophene rings is 1. The van der Waals surface area contributed by atoms with Crippen molar-refractivity contribution in [3.63, 3.8) is 0 Å². The lowest BCUT2D eigenvalue weighted by atomic mass is 9.82. The molecule has 0 unspecified atom stereocenters. The summed E-state index contributed by atoms with van der Waals surface area (Å²) in [5.41, 5.74) is 9.49. The third-order valence-electron chi connectivity index (χ3n) is 12.7. The fourth-order valence-corrected chi connectivity index (χ4v) is 10.9. The Kier molecular flexibility index (Phi) is 6.63. The molecule has 0 radical (unpaired) electrons. The van der Waals surface area contributed by atoms with E-state index in [0.29, 0.717) is 17.5 Å². The van der Waals surface area contributed by atoms with Gasteiger partial charge in [-0.3, -0.25) is 0 Å². The zero-order valence-electron chi connectivity index (χ0n) is 32.2. The number of rotatable bonds is 3. The standard InChI is InChI=1S/C54H33N3OS/c1-54(2)43-15-7-5-12-36(43)40-28-42-46(29-44(40)54)58-45-16-9-14-38(50(42)45)53-56-51(55-52(57-53)34-24-25-48-41(27-34)37-13-6-8-17-47(37)59-48)33-23-20-31-19-22-32-21-18-30-10-3-4-11-35(30)49(32)39(31)26-33/h3-29H,1-2H3. The number of furan rings is 1. The number of aromatic nitrogens is 3. The molecule has 0 saturated heterocycles. The minimum Gasteiger partial charge on any atom is -0.456 e. The SMILES string of the molecule is CC1(C)c2ccccc2-c2cc3c(cc21)oc1cccc(-c2nc(-c4ccc5sc6ccccc6c5c4)nc(-c4ccc5ccc6ccc7ccccc7c6c5c4)n2)c13. The first-order chi connectivity index (χ1) is 29.0. The Morgan fingerprint density at radius 2 is 1.05 bits per heavy atom. The van der Waals surface area contributed by atoms with Crippen LogP contribution in [0.15, 0.2) is 168 Å². The molecule has 1 aliphatic rings. The van der Waals surface area contributed by atoms with Crippen molar-refractivity contribution >= 4 is 85.8 Å². The Bertz CT molecular complexity index is 3770. The van der Waals surface area contributed by atoms with Gasteiger partial charge in [0.25, 0.3) is 0 Å². The van der Waals surface area contributed by atoms with Crippen LogP contribution >= 0.6 is 11.3 Å². The van der Waals surface area contributed by atoms with Crippen LogP contribution in [-0.2, 0) is 5.41 Å². The van der Waals surface area contributed by atoms with Gasteiger partial charge in [0, 0.05) is 53.1 Å². The molecule has 4 nitrogen and oxygen atoms in total. The van der Waals surface area contributed by atoms with E-state index in [0.717, 1.165) is 38.6 Å². The Labute approximate surface area is 343 Å². The summed E-state index contributed by atoms with van der Waals surface area (Å²) in [6, 6.07) is 58.9. The van der Waals surface area contributed by atoms with Gasteiger partial charge in [0.2, 0.25) is 0 Å². The molecule has 0 bridgehead atoms. The Morgan fingerprint density at radius 1 is 0.407 bits per heavy atom. The second-order valence-electron chi connectivity index (χ2n) is 16.3. The zero-order chi connectivity index (χ0) is 39.0. The normalized spacial score (nSPS) is 13.4. The van der Waals surface area contributed by atoms with Crippen molar-refractivity contribution in [3.8, 4) is 45.3 Å². The van der Waals surface area contributed by atoms with Crippen LogP contribution in [0.25, 0.3) is 120 Å². The number of fused-ring (bicyclic) bond motifs is 14. The summed E-state index contributed by atoms with van der Waals surface area (Å²) in [5, 5.41) is 11.7. The highest BCUT2D eigenvalue weighted by Crippen LogP contribution is 2.51. The molecular formula is C54H33N3OS. The van der Waals surface area contributed by atoms with Gasteiger partial charge in [0.05, 0.1) is 0 Å². The first-order valence-corrected chi connectivity index (χ1v) is 20.9. The monoisotopic (exact) mass is 771 g/mol. The van der Waals surface area contributed by atoms with E-state index in [9.17, 15) is 0 Å². The quantitative estimate of drug-likeness (QED) is 0.168. The predicted molar refractivity (Wildman–Crippen MR) is 246 cm³/mol. The summed E-state index contributed by atoms with van der Waals surface area (Å²) in [6.45, 7) is 4.61. The summed E-state index contributed by atoms with van der Waals surface area (Å²) in [5.74, 6) is 1.87. The lowest BCUT2D eigenvalue weighted by molar-refractivity contribution is 0.647. The topological polar surface area (TPSA) is 51.8 Å². The molecule has 5 heteroatoms. The minimum atomic E-state index is -0.133. The molecule has 3 aromatic heterocycles. The van der Waals surface area contributed by atoms with E-state index in [1.807, 2.05) is 17.4 Å². The zero-order valence-corrected chi connectivity index (χ0v) is 33.1. The maximum atomic E-state index is 6.70. The van der Waals surface area contributed by atoms with Crippen molar-refractivity contribution < 1.29 is 4.42 Å². The van der Waals surface area contributed by atoms with Gasteiger partial charge in [-0.05, 0) is 103 Å². The number of nitrogens with zero attached hydrogens (tertiary/aromatic N) is 3. The molecule has 0 spiro atoms. The maximum Gasteiger partial charge on any atom is 0.164 e. The molecule has 0 saturated carbocycles. The molecule has 59 heavy (non-hydrogen) atoms. The lowest BCUT2D eigenvalue weighted by Crippen LogP contribution is -2.14. The van der Waals surface area contributed by atoms with Crippen LogP contribution in [0.4, 0.5) is 0 Å². The van der Waals surface area contributed by atoms with Crippen LogP contribution in [0, 0.1) is 0 Å². The Morgan fingerprint density at radius 3 is 1.92 bits per heavy atom. The van der Waals surface area contributed by atoms with Crippen molar-refractivity contribution in [1.29, 1.82) is 0 Å². The summed E-state index contributed by atoms with van der Waals surface area (Å²) < 4.78 is 9.20.